The highest BCUT2D eigenvalue weighted by Gasteiger charge is 2.16. The van der Waals surface area contributed by atoms with Crippen LogP contribution in [0.2, 0.25) is 0 Å². The molecule has 1 aliphatic carbocycles. The van der Waals surface area contributed by atoms with Gasteiger partial charge in [0.2, 0.25) is 11.1 Å². The molecule has 0 bridgehead atoms. The van der Waals surface area contributed by atoms with Crippen LogP contribution in [0, 0.1) is 0 Å². The number of hydrogen-bond donors (Lipinski definition) is 2. The average Bonchev–Trinajstić information content (AvgIpc) is 2.88. The fraction of sp³-hybridized carbons (Fsp3) is 0.583. The number of aryl methyl sites for hydroxylation is 2. The second-order valence-electron chi connectivity index (χ2n) is 4.92. The van der Waals surface area contributed by atoms with Crippen LogP contribution in [0.15, 0.2) is 5.16 Å². The number of nitrogen functional groups attached to an aromatic ring is 1. The molecule has 112 valence electrons. The summed E-state index contributed by atoms with van der Waals surface area (Å²) in [7, 11) is 1.83. The molecule has 0 saturated carbocycles. The van der Waals surface area contributed by atoms with Gasteiger partial charge in [-0.15, -0.1) is 5.10 Å². The van der Waals surface area contributed by atoms with E-state index in [4.69, 9.17) is 5.73 Å². The standard InChI is InChI=1S/C12H18N8S/c1-20-12(17-18-19-20)21-7-6-14-10-8-4-2-3-5-9(8)15-11(13)16-10/h2-7H2,1H3,(H3,13,14,15,16). The van der Waals surface area contributed by atoms with Crippen LogP contribution in [-0.4, -0.2) is 42.5 Å². The lowest BCUT2D eigenvalue weighted by atomic mass is 9.96. The number of aromatic nitrogens is 6. The van der Waals surface area contributed by atoms with Crippen molar-refractivity contribution in [1.82, 2.24) is 30.2 Å². The minimum atomic E-state index is 0.350. The molecule has 9 heteroatoms. The number of nitrogens with one attached hydrogen (secondary N) is 1. The van der Waals surface area contributed by atoms with Crippen molar-refractivity contribution in [2.24, 2.45) is 7.05 Å². The minimum Gasteiger partial charge on any atom is -0.369 e. The lowest BCUT2D eigenvalue weighted by molar-refractivity contribution is 0.664. The zero-order valence-electron chi connectivity index (χ0n) is 11.9. The molecule has 21 heavy (non-hydrogen) atoms. The Kier molecular flexibility index (Phi) is 4.18. The van der Waals surface area contributed by atoms with Crippen LogP contribution in [0.5, 0.6) is 0 Å². The number of tetrazole rings is 1. The molecule has 0 atom stereocenters. The summed E-state index contributed by atoms with van der Waals surface area (Å²) >= 11 is 1.60. The highest BCUT2D eigenvalue weighted by Crippen LogP contribution is 2.26. The van der Waals surface area contributed by atoms with E-state index in [2.05, 4.69) is 30.8 Å². The molecule has 0 aliphatic heterocycles. The van der Waals surface area contributed by atoms with Gasteiger partial charge in [-0.1, -0.05) is 11.8 Å². The van der Waals surface area contributed by atoms with Crippen molar-refractivity contribution in [2.45, 2.75) is 30.8 Å². The van der Waals surface area contributed by atoms with Gasteiger partial charge in [-0.3, -0.25) is 0 Å². The summed E-state index contributed by atoms with van der Waals surface area (Å²) in [6.07, 6.45) is 4.39. The third-order valence-corrected chi connectivity index (χ3v) is 4.42. The van der Waals surface area contributed by atoms with Gasteiger partial charge < -0.3 is 11.1 Å². The molecular formula is C12H18N8S. The Hall–Kier alpha value is -1.90. The first-order chi connectivity index (χ1) is 10.2. The van der Waals surface area contributed by atoms with Gasteiger partial charge in [0.05, 0.1) is 5.69 Å². The predicted octanol–water partition coefficient (Wildman–Crippen LogP) is 0.665. The minimum absolute atomic E-state index is 0.350. The summed E-state index contributed by atoms with van der Waals surface area (Å²) < 4.78 is 1.66. The Labute approximate surface area is 126 Å². The van der Waals surface area contributed by atoms with Crippen LogP contribution in [0.4, 0.5) is 11.8 Å². The monoisotopic (exact) mass is 306 g/mol. The fourth-order valence-corrected chi connectivity index (χ4v) is 3.12. The van der Waals surface area contributed by atoms with Crippen molar-refractivity contribution in [3.63, 3.8) is 0 Å². The van der Waals surface area contributed by atoms with Crippen LogP contribution >= 0.6 is 11.8 Å². The highest BCUT2D eigenvalue weighted by atomic mass is 32.2. The van der Waals surface area contributed by atoms with E-state index in [1.165, 1.54) is 18.4 Å². The van der Waals surface area contributed by atoms with Crippen LogP contribution < -0.4 is 11.1 Å². The number of rotatable bonds is 5. The van der Waals surface area contributed by atoms with Crippen molar-refractivity contribution < 1.29 is 0 Å². The van der Waals surface area contributed by atoms with Crippen LogP contribution in [0.1, 0.15) is 24.1 Å². The molecule has 0 saturated heterocycles. The molecule has 3 rings (SSSR count). The second kappa shape index (κ2) is 6.25. The SMILES string of the molecule is Cn1nnnc1SCCNc1nc(N)nc2c1CCCC2. The zero-order chi connectivity index (χ0) is 14.7. The van der Waals surface area contributed by atoms with E-state index < -0.39 is 0 Å². The smallest absolute Gasteiger partial charge is 0.222 e. The Morgan fingerprint density at radius 1 is 1.29 bits per heavy atom. The van der Waals surface area contributed by atoms with Gasteiger partial charge in [0.25, 0.3) is 0 Å². The van der Waals surface area contributed by atoms with E-state index in [0.717, 1.165) is 41.8 Å². The van der Waals surface area contributed by atoms with Gasteiger partial charge in [-0.2, -0.15) is 4.98 Å². The first-order valence-electron chi connectivity index (χ1n) is 6.98. The van der Waals surface area contributed by atoms with E-state index in [-0.39, 0.29) is 0 Å². The maximum Gasteiger partial charge on any atom is 0.222 e. The molecule has 0 aromatic carbocycles. The number of hydrogen-bond acceptors (Lipinski definition) is 8. The lowest BCUT2D eigenvalue weighted by Gasteiger charge is -2.18. The van der Waals surface area contributed by atoms with Crippen LogP contribution in [-0.2, 0) is 19.9 Å². The van der Waals surface area contributed by atoms with Gasteiger partial charge in [0.1, 0.15) is 5.82 Å². The molecule has 2 aromatic rings. The summed E-state index contributed by atoms with van der Waals surface area (Å²) in [6, 6.07) is 0. The van der Waals surface area contributed by atoms with Gasteiger partial charge in [-0.05, 0) is 36.1 Å². The van der Waals surface area contributed by atoms with Gasteiger partial charge >= 0.3 is 0 Å². The van der Waals surface area contributed by atoms with Crippen molar-refractivity contribution in [3.8, 4) is 0 Å². The number of nitrogens with zero attached hydrogens (tertiary/aromatic N) is 6. The Bertz CT molecular complexity index is 626. The van der Waals surface area contributed by atoms with E-state index >= 15 is 0 Å². The quantitative estimate of drug-likeness (QED) is 0.613. The van der Waals surface area contributed by atoms with Gasteiger partial charge in [0.15, 0.2) is 0 Å². The van der Waals surface area contributed by atoms with Crippen molar-refractivity contribution in [2.75, 3.05) is 23.3 Å². The Morgan fingerprint density at radius 3 is 2.95 bits per heavy atom. The average molecular weight is 306 g/mol. The Morgan fingerprint density at radius 2 is 2.14 bits per heavy atom. The number of fused-ring (bicyclic) bond motifs is 1. The highest BCUT2D eigenvalue weighted by molar-refractivity contribution is 7.99. The zero-order valence-corrected chi connectivity index (χ0v) is 12.7. The van der Waals surface area contributed by atoms with Crippen molar-refractivity contribution in [1.29, 1.82) is 0 Å². The summed E-state index contributed by atoms with van der Waals surface area (Å²) in [5.41, 5.74) is 8.11. The lowest BCUT2D eigenvalue weighted by Crippen LogP contribution is -2.16. The van der Waals surface area contributed by atoms with Crippen molar-refractivity contribution in [3.05, 3.63) is 11.3 Å². The summed E-state index contributed by atoms with van der Waals surface area (Å²) in [6.45, 7) is 0.778. The predicted molar refractivity (Wildman–Crippen MR) is 81.1 cm³/mol. The summed E-state index contributed by atoms with van der Waals surface area (Å²) in [5, 5.41) is 15.5. The third-order valence-electron chi connectivity index (χ3n) is 3.41. The molecule has 2 heterocycles. The first kappa shape index (κ1) is 14.1. The molecular weight excluding hydrogens is 288 g/mol. The molecule has 2 aromatic heterocycles. The van der Waals surface area contributed by atoms with Crippen molar-refractivity contribution >= 4 is 23.5 Å². The summed E-state index contributed by atoms with van der Waals surface area (Å²) in [5.74, 6) is 2.09. The molecule has 0 spiro atoms. The number of nitrogens with two attached hydrogens (primary N) is 1. The summed E-state index contributed by atoms with van der Waals surface area (Å²) in [4.78, 5) is 8.69. The molecule has 1 aliphatic rings. The van der Waals surface area contributed by atoms with E-state index in [9.17, 15) is 0 Å². The number of anilines is 2. The molecule has 0 fully saturated rings. The van der Waals surface area contributed by atoms with Crippen LogP contribution in [0.25, 0.3) is 0 Å². The maximum atomic E-state index is 5.79. The largest absolute Gasteiger partial charge is 0.369 e. The van der Waals surface area contributed by atoms with Crippen LogP contribution in [0.3, 0.4) is 0 Å². The maximum absolute atomic E-state index is 5.79. The molecule has 0 unspecified atom stereocenters. The van der Waals surface area contributed by atoms with E-state index in [1.54, 1.807) is 16.4 Å². The molecule has 3 N–H and O–H groups in total. The van der Waals surface area contributed by atoms with E-state index in [1.807, 2.05) is 7.05 Å². The normalized spacial score (nSPS) is 14.0. The second-order valence-corrected chi connectivity index (χ2v) is 5.99. The molecule has 0 radical (unpaired) electrons. The first-order valence-corrected chi connectivity index (χ1v) is 7.97. The van der Waals surface area contributed by atoms with Gasteiger partial charge in [0, 0.05) is 24.9 Å². The van der Waals surface area contributed by atoms with E-state index in [0.29, 0.717) is 5.95 Å². The third kappa shape index (κ3) is 3.23. The Balaban J connectivity index is 1.60. The fourth-order valence-electron chi connectivity index (χ4n) is 2.41. The molecule has 8 nitrogen and oxygen atoms in total. The number of thioether (sulfide) groups is 1. The topological polar surface area (TPSA) is 107 Å². The molecule has 0 amide bonds. The van der Waals surface area contributed by atoms with Gasteiger partial charge in [-0.25, -0.2) is 9.67 Å².